The van der Waals surface area contributed by atoms with Gasteiger partial charge in [0.25, 0.3) is 5.91 Å². The number of hydrogen-bond acceptors (Lipinski definition) is 2. The highest BCUT2D eigenvalue weighted by Gasteiger charge is 2.15. The molecule has 0 unspecified atom stereocenters. The quantitative estimate of drug-likeness (QED) is 0.919. The predicted molar refractivity (Wildman–Crippen MR) is 74.6 cm³/mol. The number of nitrogens with one attached hydrogen (secondary N) is 1. The Kier molecular flexibility index (Phi) is 5.19. The standard InChI is InChI=1S/C14H17BrFNO2/c15-12-8-11(6-7-13(12)16)19-9-14(18)17-10-4-2-1-3-5-10/h6-8,10H,1-5,9H2,(H,17,18). The van der Waals surface area contributed by atoms with Gasteiger partial charge in [-0.2, -0.15) is 0 Å². The third kappa shape index (κ3) is 4.49. The molecular formula is C14H17BrFNO2. The molecule has 1 aliphatic carbocycles. The van der Waals surface area contributed by atoms with Gasteiger partial charge in [-0.3, -0.25) is 4.79 Å². The molecule has 0 atom stereocenters. The molecule has 0 aromatic heterocycles. The van der Waals surface area contributed by atoms with Gasteiger partial charge in [0.15, 0.2) is 6.61 Å². The fourth-order valence-electron chi connectivity index (χ4n) is 2.23. The zero-order chi connectivity index (χ0) is 13.7. The Morgan fingerprint density at radius 3 is 2.79 bits per heavy atom. The molecule has 5 heteroatoms. The predicted octanol–water partition coefficient (Wildman–Crippen LogP) is 3.42. The van der Waals surface area contributed by atoms with E-state index >= 15 is 0 Å². The van der Waals surface area contributed by atoms with Gasteiger partial charge in [-0.1, -0.05) is 19.3 Å². The zero-order valence-corrected chi connectivity index (χ0v) is 12.2. The highest BCUT2D eigenvalue weighted by Crippen LogP contribution is 2.21. The van der Waals surface area contributed by atoms with E-state index in [9.17, 15) is 9.18 Å². The van der Waals surface area contributed by atoms with Crippen LogP contribution in [0.3, 0.4) is 0 Å². The van der Waals surface area contributed by atoms with Gasteiger partial charge >= 0.3 is 0 Å². The number of benzene rings is 1. The second-order valence-corrected chi connectivity index (χ2v) is 5.62. The lowest BCUT2D eigenvalue weighted by Gasteiger charge is -2.22. The molecule has 1 aliphatic rings. The van der Waals surface area contributed by atoms with Crippen LogP contribution in [-0.4, -0.2) is 18.6 Å². The molecule has 0 radical (unpaired) electrons. The average Bonchev–Trinajstić information content (AvgIpc) is 2.41. The SMILES string of the molecule is O=C(COc1ccc(F)c(Br)c1)NC1CCCCC1. The van der Waals surface area contributed by atoms with Gasteiger partial charge in [0, 0.05) is 6.04 Å². The van der Waals surface area contributed by atoms with Crippen LogP contribution in [0.15, 0.2) is 22.7 Å². The van der Waals surface area contributed by atoms with Crippen molar-refractivity contribution < 1.29 is 13.9 Å². The lowest BCUT2D eigenvalue weighted by atomic mass is 9.95. The van der Waals surface area contributed by atoms with Gasteiger partial charge in [-0.15, -0.1) is 0 Å². The van der Waals surface area contributed by atoms with Crippen molar-refractivity contribution in [2.45, 2.75) is 38.1 Å². The maximum absolute atomic E-state index is 13.0. The van der Waals surface area contributed by atoms with Crippen molar-refractivity contribution in [2.24, 2.45) is 0 Å². The zero-order valence-electron chi connectivity index (χ0n) is 10.6. The Hall–Kier alpha value is -1.10. The molecule has 0 spiro atoms. The maximum atomic E-state index is 13.0. The third-order valence-electron chi connectivity index (χ3n) is 3.23. The Morgan fingerprint density at radius 1 is 1.37 bits per heavy atom. The lowest BCUT2D eigenvalue weighted by molar-refractivity contribution is -0.124. The van der Waals surface area contributed by atoms with Crippen molar-refractivity contribution in [3.05, 3.63) is 28.5 Å². The molecule has 1 aromatic rings. The first-order valence-corrected chi connectivity index (χ1v) is 7.31. The number of amides is 1. The molecule has 1 fully saturated rings. The molecule has 0 heterocycles. The first-order chi connectivity index (χ1) is 9.15. The van der Waals surface area contributed by atoms with E-state index in [0.29, 0.717) is 10.2 Å². The highest BCUT2D eigenvalue weighted by molar-refractivity contribution is 9.10. The van der Waals surface area contributed by atoms with Gasteiger partial charge < -0.3 is 10.1 Å². The smallest absolute Gasteiger partial charge is 0.258 e. The van der Waals surface area contributed by atoms with E-state index in [0.717, 1.165) is 12.8 Å². The number of hydrogen-bond donors (Lipinski definition) is 1. The van der Waals surface area contributed by atoms with Crippen LogP contribution in [-0.2, 0) is 4.79 Å². The van der Waals surface area contributed by atoms with Crippen molar-refractivity contribution >= 4 is 21.8 Å². The van der Waals surface area contributed by atoms with Crippen LogP contribution in [0, 0.1) is 5.82 Å². The number of carbonyl (C=O) groups is 1. The number of halogens is 2. The summed E-state index contributed by atoms with van der Waals surface area (Å²) >= 11 is 3.08. The van der Waals surface area contributed by atoms with Gasteiger partial charge in [-0.05, 0) is 47.0 Å². The summed E-state index contributed by atoms with van der Waals surface area (Å²) in [6, 6.07) is 4.61. The second-order valence-electron chi connectivity index (χ2n) is 4.77. The summed E-state index contributed by atoms with van der Waals surface area (Å²) in [6.07, 6.45) is 5.71. The minimum absolute atomic E-state index is 0.0332. The average molecular weight is 330 g/mol. The van der Waals surface area contributed by atoms with Crippen molar-refractivity contribution in [2.75, 3.05) is 6.61 Å². The summed E-state index contributed by atoms with van der Waals surface area (Å²) in [5, 5.41) is 2.97. The van der Waals surface area contributed by atoms with Crippen molar-refractivity contribution in [3.63, 3.8) is 0 Å². The molecule has 1 aromatic carbocycles. The van der Waals surface area contributed by atoms with E-state index in [4.69, 9.17) is 4.74 Å². The van der Waals surface area contributed by atoms with Crippen LogP contribution >= 0.6 is 15.9 Å². The Morgan fingerprint density at radius 2 is 2.11 bits per heavy atom. The normalized spacial score (nSPS) is 16.1. The summed E-state index contributed by atoms with van der Waals surface area (Å²) in [7, 11) is 0. The number of carbonyl (C=O) groups excluding carboxylic acids is 1. The first kappa shape index (κ1) is 14.3. The van der Waals surface area contributed by atoms with Crippen LogP contribution in [0.25, 0.3) is 0 Å². The molecule has 3 nitrogen and oxygen atoms in total. The van der Waals surface area contributed by atoms with E-state index < -0.39 is 0 Å². The van der Waals surface area contributed by atoms with E-state index in [1.165, 1.54) is 37.5 Å². The van der Waals surface area contributed by atoms with Crippen molar-refractivity contribution in [1.29, 1.82) is 0 Å². The lowest BCUT2D eigenvalue weighted by Crippen LogP contribution is -2.38. The molecule has 1 saturated carbocycles. The summed E-state index contributed by atoms with van der Waals surface area (Å²) < 4.78 is 18.7. The molecular weight excluding hydrogens is 313 g/mol. The van der Waals surface area contributed by atoms with E-state index in [1.54, 1.807) is 0 Å². The highest BCUT2D eigenvalue weighted by atomic mass is 79.9. The fraction of sp³-hybridized carbons (Fsp3) is 0.500. The minimum atomic E-state index is -0.348. The molecule has 2 rings (SSSR count). The maximum Gasteiger partial charge on any atom is 0.258 e. The Labute approximate surface area is 120 Å². The van der Waals surface area contributed by atoms with Crippen LogP contribution < -0.4 is 10.1 Å². The summed E-state index contributed by atoms with van der Waals surface area (Å²) in [5.74, 6) is 0.0124. The van der Waals surface area contributed by atoms with Crippen LogP contribution in [0.1, 0.15) is 32.1 Å². The Bertz CT molecular complexity index is 447. The minimum Gasteiger partial charge on any atom is -0.484 e. The van der Waals surface area contributed by atoms with Crippen molar-refractivity contribution in [1.82, 2.24) is 5.32 Å². The van der Waals surface area contributed by atoms with E-state index in [1.807, 2.05) is 0 Å². The summed E-state index contributed by atoms with van der Waals surface area (Å²) in [6.45, 7) is -0.0332. The molecule has 1 N–H and O–H groups in total. The Balaban J connectivity index is 1.77. The largest absolute Gasteiger partial charge is 0.484 e. The van der Waals surface area contributed by atoms with Crippen molar-refractivity contribution in [3.8, 4) is 5.75 Å². The molecule has 1 amide bonds. The van der Waals surface area contributed by atoms with Gasteiger partial charge in [0.1, 0.15) is 11.6 Å². The number of ether oxygens (including phenoxy) is 1. The molecule has 0 aliphatic heterocycles. The van der Waals surface area contributed by atoms with Crippen LogP contribution in [0.4, 0.5) is 4.39 Å². The summed E-state index contributed by atoms with van der Waals surface area (Å²) in [5.41, 5.74) is 0. The molecule has 19 heavy (non-hydrogen) atoms. The number of rotatable bonds is 4. The fourth-order valence-corrected chi connectivity index (χ4v) is 2.59. The molecule has 0 bridgehead atoms. The first-order valence-electron chi connectivity index (χ1n) is 6.52. The van der Waals surface area contributed by atoms with Crippen LogP contribution in [0.2, 0.25) is 0 Å². The second kappa shape index (κ2) is 6.89. The van der Waals surface area contributed by atoms with Gasteiger partial charge in [0.2, 0.25) is 0 Å². The van der Waals surface area contributed by atoms with E-state index in [-0.39, 0.29) is 24.4 Å². The monoisotopic (exact) mass is 329 g/mol. The van der Waals surface area contributed by atoms with Gasteiger partial charge in [-0.25, -0.2) is 4.39 Å². The molecule has 0 saturated heterocycles. The molecule has 104 valence electrons. The third-order valence-corrected chi connectivity index (χ3v) is 3.84. The van der Waals surface area contributed by atoms with Crippen LogP contribution in [0.5, 0.6) is 5.75 Å². The summed E-state index contributed by atoms with van der Waals surface area (Å²) in [4.78, 5) is 11.7. The van der Waals surface area contributed by atoms with E-state index in [2.05, 4.69) is 21.2 Å². The topological polar surface area (TPSA) is 38.3 Å². The van der Waals surface area contributed by atoms with Gasteiger partial charge in [0.05, 0.1) is 4.47 Å².